The van der Waals surface area contributed by atoms with Crippen molar-refractivity contribution in [2.24, 2.45) is 5.92 Å². The van der Waals surface area contributed by atoms with Gasteiger partial charge in [0.25, 0.3) is 5.91 Å². The Bertz CT molecular complexity index is 443. The van der Waals surface area contributed by atoms with Gasteiger partial charge in [-0.05, 0) is 25.0 Å². The minimum absolute atomic E-state index is 0.0551. The van der Waals surface area contributed by atoms with Crippen molar-refractivity contribution in [3.05, 3.63) is 35.9 Å². The number of hydrogen-bond donors (Lipinski definition) is 1. The second kappa shape index (κ2) is 7.68. The van der Waals surface area contributed by atoms with Crippen LogP contribution in [-0.2, 0) is 4.79 Å². The van der Waals surface area contributed by atoms with Crippen molar-refractivity contribution in [1.82, 2.24) is 10.2 Å². The summed E-state index contributed by atoms with van der Waals surface area (Å²) in [5.41, 5.74) is 0.613. The van der Waals surface area contributed by atoms with Crippen LogP contribution in [0.3, 0.4) is 0 Å². The monoisotopic (exact) mass is 276 g/mol. The Morgan fingerprint density at radius 3 is 2.30 bits per heavy atom. The molecule has 2 amide bonds. The summed E-state index contributed by atoms with van der Waals surface area (Å²) in [7, 11) is 1.80. The number of amides is 2. The molecule has 0 aliphatic carbocycles. The Kier molecular flexibility index (Phi) is 6.22. The van der Waals surface area contributed by atoms with Crippen molar-refractivity contribution < 1.29 is 9.59 Å². The molecule has 0 saturated carbocycles. The summed E-state index contributed by atoms with van der Waals surface area (Å²) in [6.07, 6.45) is 0.321. The van der Waals surface area contributed by atoms with Crippen molar-refractivity contribution in [1.29, 1.82) is 0 Å². The van der Waals surface area contributed by atoms with Crippen molar-refractivity contribution in [3.8, 4) is 0 Å². The number of benzene rings is 1. The molecule has 0 radical (unpaired) electrons. The fourth-order valence-corrected chi connectivity index (χ4v) is 2.01. The van der Waals surface area contributed by atoms with Crippen LogP contribution in [0.1, 0.15) is 37.6 Å². The van der Waals surface area contributed by atoms with E-state index in [-0.39, 0.29) is 17.9 Å². The van der Waals surface area contributed by atoms with Crippen molar-refractivity contribution in [3.63, 3.8) is 0 Å². The van der Waals surface area contributed by atoms with Gasteiger partial charge in [0.1, 0.15) is 0 Å². The van der Waals surface area contributed by atoms with Gasteiger partial charge in [-0.3, -0.25) is 9.59 Å². The van der Waals surface area contributed by atoms with Crippen molar-refractivity contribution in [2.45, 2.75) is 33.2 Å². The molecule has 0 aliphatic heterocycles. The van der Waals surface area contributed by atoms with Gasteiger partial charge in [0.15, 0.2) is 0 Å². The normalized spacial score (nSPS) is 12.1. The van der Waals surface area contributed by atoms with E-state index < -0.39 is 0 Å². The highest BCUT2D eigenvalue weighted by Gasteiger charge is 2.16. The first-order valence-electron chi connectivity index (χ1n) is 7.00. The summed E-state index contributed by atoms with van der Waals surface area (Å²) in [5.74, 6) is 0.357. The van der Waals surface area contributed by atoms with Crippen LogP contribution in [0.15, 0.2) is 30.3 Å². The van der Waals surface area contributed by atoms with Gasteiger partial charge >= 0.3 is 0 Å². The van der Waals surface area contributed by atoms with Crippen LogP contribution >= 0.6 is 0 Å². The smallest absolute Gasteiger partial charge is 0.251 e. The molecule has 0 spiro atoms. The first-order chi connectivity index (χ1) is 9.40. The fraction of sp³-hybridized carbons (Fsp3) is 0.500. The number of carbonyl (C=O) groups is 2. The molecule has 110 valence electrons. The van der Waals surface area contributed by atoms with Gasteiger partial charge in [-0.2, -0.15) is 0 Å². The molecule has 1 N–H and O–H groups in total. The SMILES string of the molecule is CC(C)CN(C)C(=O)CC(C)NC(=O)c1ccccc1. The summed E-state index contributed by atoms with van der Waals surface area (Å²) < 4.78 is 0. The molecule has 1 atom stereocenters. The van der Waals surface area contributed by atoms with Crippen LogP contribution in [0.5, 0.6) is 0 Å². The highest BCUT2D eigenvalue weighted by atomic mass is 16.2. The van der Waals surface area contributed by atoms with E-state index >= 15 is 0 Å². The summed E-state index contributed by atoms with van der Waals surface area (Å²) in [6, 6.07) is 8.85. The number of nitrogens with zero attached hydrogens (tertiary/aromatic N) is 1. The van der Waals surface area contributed by atoms with Crippen molar-refractivity contribution >= 4 is 11.8 Å². The van der Waals surface area contributed by atoms with Gasteiger partial charge in [-0.1, -0.05) is 32.0 Å². The Morgan fingerprint density at radius 1 is 1.15 bits per heavy atom. The van der Waals surface area contributed by atoms with Gasteiger partial charge in [0.2, 0.25) is 5.91 Å². The molecule has 20 heavy (non-hydrogen) atoms. The highest BCUT2D eigenvalue weighted by molar-refractivity contribution is 5.94. The van der Waals surface area contributed by atoms with E-state index in [0.717, 1.165) is 6.54 Å². The van der Waals surface area contributed by atoms with Crippen LogP contribution in [0.4, 0.5) is 0 Å². The third-order valence-corrected chi connectivity index (χ3v) is 2.96. The number of rotatable bonds is 6. The van der Waals surface area contributed by atoms with Crippen LogP contribution in [-0.4, -0.2) is 36.3 Å². The third kappa shape index (κ3) is 5.43. The van der Waals surface area contributed by atoms with Crippen LogP contribution in [0.2, 0.25) is 0 Å². The van der Waals surface area contributed by atoms with Gasteiger partial charge in [0, 0.05) is 31.6 Å². The highest BCUT2D eigenvalue weighted by Crippen LogP contribution is 2.03. The Hall–Kier alpha value is -1.84. The standard InChI is InChI=1S/C16H24N2O2/c1-12(2)11-18(4)15(19)10-13(3)17-16(20)14-8-6-5-7-9-14/h5-9,12-13H,10-11H2,1-4H3,(H,17,20). The zero-order chi connectivity index (χ0) is 15.1. The number of hydrogen-bond acceptors (Lipinski definition) is 2. The molecule has 1 unspecified atom stereocenters. The van der Waals surface area contributed by atoms with E-state index in [1.54, 1.807) is 24.1 Å². The van der Waals surface area contributed by atoms with Gasteiger partial charge in [-0.15, -0.1) is 0 Å². The van der Waals surface area contributed by atoms with Crippen molar-refractivity contribution in [2.75, 3.05) is 13.6 Å². The molecule has 4 heteroatoms. The molecule has 1 rings (SSSR count). The average Bonchev–Trinajstić information content (AvgIpc) is 2.38. The lowest BCUT2D eigenvalue weighted by atomic mass is 10.1. The van der Waals surface area contributed by atoms with E-state index in [0.29, 0.717) is 17.9 Å². The predicted octanol–water partition coefficient (Wildman–Crippen LogP) is 2.31. The average molecular weight is 276 g/mol. The van der Waals surface area contributed by atoms with Crippen LogP contribution in [0.25, 0.3) is 0 Å². The lowest BCUT2D eigenvalue weighted by Gasteiger charge is -2.22. The molecule has 0 fully saturated rings. The van der Waals surface area contributed by atoms with Gasteiger partial charge in [-0.25, -0.2) is 0 Å². The maximum atomic E-state index is 12.0. The first kappa shape index (κ1) is 16.2. The second-order valence-electron chi connectivity index (χ2n) is 5.61. The second-order valence-corrected chi connectivity index (χ2v) is 5.61. The zero-order valence-electron chi connectivity index (χ0n) is 12.7. The minimum Gasteiger partial charge on any atom is -0.349 e. The van der Waals surface area contributed by atoms with E-state index in [2.05, 4.69) is 19.2 Å². The topological polar surface area (TPSA) is 49.4 Å². The maximum Gasteiger partial charge on any atom is 0.251 e. The van der Waals surface area contributed by atoms with E-state index in [1.807, 2.05) is 25.1 Å². The Labute approximate surface area is 121 Å². The van der Waals surface area contributed by atoms with Gasteiger partial charge < -0.3 is 10.2 Å². The third-order valence-electron chi connectivity index (χ3n) is 2.96. The molecule has 1 aromatic carbocycles. The molecule has 1 aromatic rings. The molecule has 0 saturated heterocycles. The lowest BCUT2D eigenvalue weighted by Crippen LogP contribution is -2.38. The van der Waals surface area contributed by atoms with Crippen LogP contribution in [0, 0.1) is 5.92 Å². The summed E-state index contributed by atoms with van der Waals surface area (Å²) in [5, 5.41) is 2.85. The molecule has 0 aromatic heterocycles. The predicted molar refractivity (Wildman–Crippen MR) is 80.5 cm³/mol. The molecule has 0 aliphatic rings. The molecule has 0 bridgehead atoms. The molecule has 0 heterocycles. The van der Waals surface area contributed by atoms with Gasteiger partial charge in [0.05, 0.1) is 0 Å². The molecular formula is C16H24N2O2. The number of carbonyl (C=O) groups excluding carboxylic acids is 2. The maximum absolute atomic E-state index is 12.0. The lowest BCUT2D eigenvalue weighted by molar-refractivity contribution is -0.130. The molecular weight excluding hydrogens is 252 g/mol. The Morgan fingerprint density at radius 2 is 1.75 bits per heavy atom. The Balaban J connectivity index is 2.45. The first-order valence-corrected chi connectivity index (χ1v) is 7.00. The number of nitrogens with one attached hydrogen (secondary N) is 1. The van der Waals surface area contributed by atoms with E-state index in [1.165, 1.54) is 0 Å². The summed E-state index contributed by atoms with van der Waals surface area (Å²) in [4.78, 5) is 25.6. The fourth-order valence-electron chi connectivity index (χ4n) is 2.01. The van der Waals surface area contributed by atoms with E-state index in [9.17, 15) is 9.59 Å². The largest absolute Gasteiger partial charge is 0.349 e. The summed E-state index contributed by atoms with van der Waals surface area (Å²) in [6.45, 7) is 6.73. The van der Waals surface area contributed by atoms with Crippen LogP contribution < -0.4 is 5.32 Å². The minimum atomic E-state index is -0.176. The zero-order valence-corrected chi connectivity index (χ0v) is 12.7. The molecule has 4 nitrogen and oxygen atoms in total. The quantitative estimate of drug-likeness (QED) is 0.866. The summed E-state index contributed by atoms with van der Waals surface area (Å²) >= 11 is 0. The van der Waals surface area contributed by atoms with E-state index in [4.69, 9.17) is 0 Å².